The normalized spacial score (nSPS) is 10.7. The number of aryl methyl sites for hydroxylation is 1. The maximum absolute atomic E-state index is 5.91. The van der Waals surface area contributed by atoms with Gasteiger partial charge in [0.05, 0.1) is 0 Å². The van der Waals surface area contributed by atoms with Crippen LogP contribution in [0.1, 0.15) is 11.5 Å². The second-order valence-corrected chi connectivity index (χ2v) is 4.76. The minimum Gasteiger partial charge on any atom is -0.483 e. The van der Waals surface area contributed by atoms with E-state index in [9.17, 15) is 0 Å². The van der Waals surface area contributed by atoms with Gasteiger partial charge in [0.2, 0.25) is 0 Å². The molecule has 1 aromatic carbocycles. The van der Waals surface area contributed by atoms with Crippen molar-refractivity contribution < 1.29 is 4.74 Å². The second kappa shape index (κ2) is 5.43. The summed E-state index contributed by atoms with van der Waals surface area (Å²) in [6.45, 7) is 2.13. The minimum absolute atomic E-state index is 0.261. The molecule has 0 spiro atoms. The zero-order chi connectivity index (χ0) is 13.9. The van der Waals surface area contributed by atoms with E-state index < -0.39 is 0 Å². The molecule has 0 aliphatic carbocycles. The molecule has 3 rings (SSSR count). The van der Waals surface area contributed by atoms with Crippen molar-refractivity contribution in [3.63, 3.8) is 0 Å². The van der Waals surface area contributed by atoms with E-state index in [-0.39, 0.29) is 6.61 Å². The Morgan fingerprint density at radius 3 is 2.85 bits per heavy atom. The van der Waals surface area contributed by atoms with Crippen LogP contribution in [0.15, 0.2) is 42.6 Å². The maximum atomic E-state index is 5.91. The van der Waals surface area contributed by atoms with Gasteiger partial charge in [-0.15, -0.1) is 0 Å². The van der Waals surface area contributed by atoms with E-state index in [2.05, 4.69) is 15.0 Å². The topological polar surface area (TPSA) is 47.9 Å². The molecule has 0 radical (unpaired) electrons. The Labute approximate surface area is 121 Å². The van der Waals surface area contributed by atoms with Crippen molar-refractivity contribution in [2.24, 2.45) is 0 Å². The van der Waals surface area contributed by atoms with Gasteiger partial charge in [-0.2, -0.15) is 0 Å². The van der Waals surface area contributed by atoms with Crippen molar-refractivity contribution >= 4 is 22.5 Å². The van der Waals surface area contributed by atoms with Gasteiger partial charge >= 0.3 is 0 Å². The van der Waals surface area contributed by atoms with Gasteiger partial charge in [-0.3, -0.25) is 4.98 Å². The molecular formula is C15H12ClN3O. The fourth-order valence-corrected chi connectivity index (χ4v) is 2.24. The summed E-state index contributed by atoms with van der Waals surface area (Å²) in [5.74, 6) is 1.27. The van der Waals surface area contributed by atoms with Crippen molar-refractivity contribution in [1.29, 1.82) is 0 Å². The lowest BCUT2D eigenvalue weighted by molar-refractivity contribution is 0.298. The molecule has 2 heterocycles. The summed E-state index contributed by atoms with van der Waals surface area (Å²) in [5.41, 5.74) is 1.65. The van der Waals surface area contributed by atoms with Gasteiger partial charge in [-0.25, -0.2) is 9.97 Å². The number of fused-ring (bicyclic) bond motifs is 1. The van der Waals surface area contributed by atoms with E-state index in [1.54, 1.807) is 12.3 Å². The van der Waals surface area contributed by atoms with Gasteiger partial charge in [0.1, 0.15) is 23.0 Å². The molecular weight excluding hydrogens is 274 g/mol. The molecule has 100 valence electrons. The van der Waals surface area contributed by atoms with Crippen LogP contribution in [0.4, 0.5) is 0 Å². The highest BCUT2D eigenvalue weighted by Crippen LogP contribution is 2.23. The molecule has 0 N–H and O–H groups in total. The lowest BCUT2D eigenvalue weighted by atomic mass is 10.2. The number of ether oxygens (including phenoxy) is 1. The molecule has 0 aliphatic heterocycles. The summed E-state index contributed by atoms with van der Waals surface area (Å²) < 4.78 is 5.77. The average molecular weight is 286 g/mol. The quantitative estimate of drug-likeness (QED) is 0.690. The summed E-state index contributed by atoms with van der Waals surface area (Å²) in [6, 6.07) is 11.4. The Hall–Kier alpha value is -2.20. The first-order valence-electron chi connectivity index (χ1n) is 6.19. The SMILES string of the molecule is Cc1cc(Cl)nc(COc2cccc3cccnc23)n1. The number of aromatic nitrogens is 3. The van der Waals surface area contributed by atoms with Gasteiger partial charge < -0.3 is 4.74 Å². The molecule has 0 amide bonds. The van der Waals surface area contributed by atoms with Crippen LogP contribution in [-0.4, -0.2) is 15.0 Å². The highest BCUT2D eigenvalue weighted by molar-refractivity contribution is 6.29. The summed E-state index contributed by atoms with van der Waals surface area (Å²) in [7, 11) is 0. The van der Waals surface area contributed by atoms with Crippen LogP contribution >= 0.6 is 11.6 Å². The Balaban J connectivity index is 1.87. The van der Waals surface area contributed by atoms with Gasteiger partial charge in [-0.05, 0) is 25.1 Å². The van der Waals surface area contributed by atoms with Crippen molar-refractivity contribution in [2.75, 3.05) is 0 Å². The van der Waals surface area contributed by atoms with Crippen LogP contribution < -0.4 is 4.74 Å². The Kier molecular flexibility index (Phi) is 3.48. The van der Waals surface area contributed by atoms with Gasteiger partial charge in [-0.1, -0.05) is 29.8 Å². The third-order valence-electron chi connectivity index (χ3n) is 2.82. The standard InChI is InChI=1S/C15H12ClN3O/c1-10-8-13(16)19-14(18-10)9-20-12-6-2-4-11-5-3-7-17-15(11)12/h2-8H,9H2,1H3. The zero-order valence-electron chi connectivity index (χ0n) is 10.9. The molecule has 4 nitrogen and oxygen atoms in total. The Bertz CT molecular complexity index is 735. The molecule has 0 unspecified atom stereocenters. The second-order valence-electron chi connectivity index (χ2n) is 4.37. The van der Waals surface area contributed by atoms with E-state index in [4.69, 9.17) is 16.3 Å². The summed E-state index contributed by atoms with van der Waals surface area (Å²) >= 11 is 5.91. The number of rotatable bonds is 3. The van der Waals surface area contributed by atoms with Crippen LogP contribution in [0.5, 0.6) is 5.75 Å². The predicted molar refractivity (Wildman–Crippen MR) is 77.9 cm³/mol. The first-order valence-corrected chi connectivity index (χ1v) is 6.57. The lowest BCUT2D eigenvalue weighted by Gasteiger charge is -2.08. The van der Waals surface area contributed by atoms with Crippen molar-refractivity contribution in [3.8, 4) is 5.75 Å². The molecule has 2 aromatic heterocycles. The van der Waals surface area contributed by atoms with Crippen LogP contribution in [0.2, 0.25) is 5.15 Å². The molecule has 0 aliphatic rings. The highest BCUT2D eigenvalue weighted by atomic mass is 35.5. The number of halogens is 1. The fraction of sp³-hybridized carbons (Fsp3) is 0.133. The molecule has 20 heavy (non-hydrogen) atoms. The number of hydrogen-bond acceptors (Lipinski definition) is 4. The zero-order valence-corrected chi connectivity index (χ0v) is 11.6. The Morgan fingerprint density at radius 2 is 2.00 bits per heavy atom. The average Bonchev–Trinajstić information content (AvgIpc) is 2.44. The third kappa shape index (κ3) is 2.70. The largest absolute Gasteiger partial charge is 0.483 e. The summed E-state index contributed by atoms with van der Waals surface area (Å²) in [5, 5.41) is 1.46. The molecule has 0 fully saturated rings. The number of para-hydroxylation sites is 1. The van der Waals surface area contributed by atoms with Crippen LogP contribution in [-0.2, 0) is 6.61 Å². The number of nitrogens with zero attached hydrogens (tertiary/aromatic N) is 3. The lowest BCUT2D eigenvalue weighted by Crippen LogP contribution is -2.03. The third-order valence-corrected chi connectivity index (χ3v) is 3.02. The summed E-state index contributed by atoms with van der Waals surface area (Å²) in [6.07, 6.45) is 1.75. The van der Waals surface area contributed by atoms with Gasteiger partial charge in [0.25, 0.3) is 0 Å². The molecule has 0 saturated carbocycles. The highest BCUT2D eigenvalue weighted by Gasteiger charge is 2.05. The van der Waals surface area contributed by atoms with E-state index >= 15 is 0 Å². The van der Waals surface area contributed by atoms with Gasteiger partial charge in [0, 0.05) is 17.3 Å². The van der Waals surface area contributed by atoms with Crippen LogP contribution in [0.3, 0.4) is 0 Å². The van der Waals surface area contributed by atoms with E-state index in [1.165, 1.54) is 0 Å². The maximum Gasteiger partial charge on any atom is 0.167 e. The molecule has 0 atom stereocenters. The number of hydrogen-bond donors (Lipinski definition) is 0. The fourth-order valence-electron chi connectivity index (χ4n) is 1.99. The van der Waals surface area contributed by atoms with E-state index in [0.717, 1.165) is 16.6 Å². The van der Waals surface area contributed by atoms with Crippen molar-refractivity contribution in [1.82, 2.24) is 15.0 Å². The molecule has 3 aromatic rings. The smallest absolute Gasteiger partial charge is 0.167 e. The first kappa shape index (κ1) is 12.8. The van der Waals surface area contributed by atoms with Crippen LogP contribution in [0.25, 0.3) is 10.9 Å². The first-order chi connectivity index (χ1) is 9.72. The van der Waals surface area contributed by atoms with Crippen LogP contribution in [0, 0.1) is 6.92 Å². The minimum atomic E-state index is 0.261. The summed E-state index contributed by atoms with van der Waals surface area (Å²) in [4.78, 5) is 12.8. The number of benzene rings is 1. The van der Waals surface area contributed by atoms with E-state index in [0.29, 0.717) is 16.7 Å². The number of pyridine rings is 1. The molecule has 0 saturated heterocycles. The Morgan fingerprint density at radius 1 is 1.15 bits per heavy atom. The predicted octanol–water partition coefficient (Wildman–Crippen LogP) is 3.57. The van der Waals surface area contributed by atoms with E-state index in [1.807, 2.05) is 37.3 Å². The molecule has 5 heteroatoms. The van der Waals surface area contributed by atoms with Crippen molar-refractivity contribution in [2.45, 2.75) is 13.5 Å². The van der Waals surface area contributed by atoms with Crippen molar-refractivity contribution in [3.05, 3.63) is 59.3 Å². The molecule has 0 bridgehead atoms. The van der Waals surface area contributed by atoms with Gasteiger partial charge in [0.15, 0.2) is 5.82 Å². The monoisotopic (exact) mass is 285 g/mol.